The van der Waals surface area contributed by atoms with Crippen LogP contribution in [0.1, 0.15) is 49.6 Å². The zero-order valence-electron chi connectivity index (χ0n) is 18.3. The van der Waals surface area contributed by atoms with Crippen molar-refractivity contribution in [3.05, 3.63) is 50.6 Å². The molecule has 5 rings (SSSR count). The second-order valence-electron chi connectivity index (χ2n) is 8.71. The lowest BCUT2D eigenvalue weighted by Crippen LogP contribution is -2.32. The fraction of sp³-hybridized carbons (Fsp3) is 0.435. The maximum Gasteiger partial charge on any atom is 0.268 e. The van der Waals surface area contributed by atoms with Gasteiger partial charge < -0.3 is 4.74 Å². The molecule has 0 aliphatic carbocycles. The Morgan fingerprint density at radius 2 is 2.00 bits per heavy atom. The molecule has 1 aliphatic rings. The number of unbranched alkanes of at least 4 members (excludes halogenated alkanes) is 1. The summed E-state index contributed by atoms with van der Waals surface area (Å²) >= 11 is 3.34. The van der Waals surface area contributed by atoms with Crippen molar-refractivity contribution in [2.24, 2.45) is 0 Å². The van der Waals surface area contributed by atoms with Crippen LogP contribution in [-0.2, 0) is 17.8 Å². The van der Waals surface area contributed by atoms with Crippen LogP contribution in [0.4, 0.5) is 0 Å². The molecule has 1 aromatic carbocycles. The van der Waals surface area contributed by atoms with E-state index < -0.39 is 0 Å². The molecule has 8 heteroatoms. The van der Waals surface area contributed by atoms with E-state index in [9.17, 15) is 4.79 Å². The molecule has 3 aromatic heterocycles. The van der Waals surface area contributed by atoms with Gasteiger partial charge in [-0.2, -0.15) is 0 Å². The first kappa shape index (κ1) is 20.7. The van der Waals surface area contributed by atoms with E-state index in [1.54, 1.807) is 27.7 Å². The SMILES string of the molecule is CCCCSc1nnc2n(-c3ccc(C)cc3)c(=O)c3c4c(sc3n12)COC(C)(C)C4. The molecule has 0 atom stereocenters. The predicted octanol–water partition coefficient (Wildman–Crippen LogP) is 5.15. The number of hydrogen-bond donors (Lipinski definition) is 0. The molecule has 0 saturated heterocycles. The molecule has 1 aliphatic heterocycles. The smallest absolute Gasteiger partial charge is 0.268 e. The molecule has 0 saturated carbocycles. The summed E-state index contributed by atoms with van der Waals surface area (Å²) in [6.45, 7) is 8.93. The second-order valence-corrected chi connectivity index (χ2v) is 10.9. The number of nitrogens with zero attached hydrogens (tertiary/aromatic N) is 4. The average Bonchev–Trinajstić information content (AvgIpc) is 3.30. The number of hydrogen-bond acceptors (Lipinski definition) is 6. The Labute approximate surface area is 189 Å². The van der Waals surface area contributed by atoms with E-state index in [1.165, 1.54) is 0 Å². The average molecular weight is 455 g/mol. The van der Waals surface area contributed by atoms with E-state index in [1.807, 2.05) is 31.2 Å². The maximum atomic E-state index is 13.9. The minimum Gasteiger partial charge on any atom is -0.370 e. The Hall–Kier alpha value is -2.16. The monoisotopic (exact) mass is 454 g/mol. The highest BCUT2D eigenvalue weighted by Gasteiger charge is 2.32. The third kappa shape index (κ3) is 3.50. The van der Waals surface area contributed by atoms with Crippen molar-refractivity contribution in [2.75, 3.05) is 5.75 Å². The molecule has 4 aromatic rings. The fourth-order valence-corrected chi connectivity index (χ4v) is 6.33. The number of aromatic nitrogens is 4. The second kappa shape index (κ2) is 7.76. The minimum atomic E-state index is -0.289. The lowest BCUT2D eigenvalue weighted by Gasteiger charge is -2.29. The minimum absolute atomic E-state index is 0.0286. The van der Waals surface area contributed by atoms with Crippen LogP contribution >= 0.6 is 23.1 Å². The van der Waals surface area contributed by atoms with Crippen molar-refractivity contribution in [1.29, 1.82) is 0 Å². The Kier molecular flexibility index (Phi) is 5.19. The summed E-state index contributed by atoms with van der Waals surface area (Å²) in [7, 11) is 0. The molecule has 0 N–H and O–H groups in total. The number of ether oxygens (including phenoxy) is 1. The summed E-state index contributed by atoms with van der Waals surface area (Å²) in [5.41, 5.74) is 2.76. The van der Waals surface area contributed by atoms with Crippen LogP contribution in [0.3, 0.4) is 0 Å². The molecular formula is C23H26N4O2S2. The summed E-state index contributed by atoms with van der Waals surface area (Å²) in [6.07, 6.45) is 2.97. The first-order valence-electron chi connectivity index (χ1n) is 10.7. The van der Waals surface area contributed by atoms with Crippen LogP contribution in [0.5, 0.6) is 0 Å². The number of fused-ring (bicyclic) bond motifs is 5. The van der Waals surface area contributed by atoms with Gasteiger partial charge in [-0.05, 0) is 44.9 Å². The van der Waals surface area contributed by atoms with E-state index in [0.29, 0.717) is 12.4 Å². The van der Waals surface area contributed by atoms with Crippen LogP contribution in [0, 0.1) is 6.92 Å². The molecule has 0 amide bonds. The zero-order valence-corrected chi connectivity index (χ0v) is 19.9. The van der Waals surface area contributed by atoms with Crippen LogP contribution in [0.2, 0.25) is 0 Å². The van der Waals surface area contributed by atoms with Crippen molar-refractivity contribution in [1.82, 2.24) is 19.2 Å². The van der Waals surface area contributed by atoms with E-state index in [-0.39, 0.29) is 11.2 Å². The van der Waals surface area contributed by atoms with Gasteiger partial charge in [0.1, 0.15) is 4.83 Å². The maximum absolute atomic E-state index is 13.9. The summed E-state index contributed by atoms with van der Waals surface area (Å²) in [4.78, 5) is 15.9. The molecule has 0 bridgehead atoms. The number of benzene rings is 1. The van der Waals surface area contributed by atoms with Crippen LogP contribution in [-0.4, -0.2) is 30.5 Å². The normalized spacial score (nSPS) is 15.6. The van der Waals surface area contributed by atoms with Gasteiger partial charge in [-0.3, -0.25) is 4.79 Å². The summed E-state index contributed by atoms with van der Waals surface area (Å²) in [5, 5.41) is 10.6. The van der Waals surface area contributed by atoms with Crippen LogP contribution in [0.25, 0.3) is 21.7 Å². The quantitative estimate of drug-likeness (QED) is 0.308. The van der Waals surface area contributed by atoms with Gasteiger partial charge in [0.2, 0.25) is 5.78 Å². The number of thiophene rings is 1. The predicted molar refractivity (Wildman–Crippen MR) is 127 cm³/mol. The summed E-state index contributed by atoms with van der Waals surface area (Å²) in [6, 6.07) is 8.01. The van der Waals surface area contributed by atoms with Crippen LogP contribution < -0.4 is 5.56 Å². The molecule has 162 valence electrons. The third-order valence-electron chi connectivity index (χ3n) is 5.73. The Morgan fingerprint density at radius 1 is 1.23 bits per heavy atom. The summed E-state index contributed by atoms with van der Waals surface area (Å²) < 4.78 is 9.84. The van der Waals surface area contributed by atoms with Gasteiger partial charge in [0.15, 0.2) is 5.16 Å². The highest BCUT2D eigenvalue weighted by molar-refractivity contribution is 7.99. The molecule has 4 heterocycles. The highest BCUT2D eigenvalue weighted by Crippen LogP contribution is 2.39. The number of aryl methyl sites for hydroxylation is 1. The third-order valence-corrected chi connectivity index (χ3v) is 7.93. The van der Waals surface area contributed by atoms with Gasteiger partial charge in [0.05, 0.1) is 23.3 Å². The van der Waals surface area contributed by atoms with Gasteiger partial charge in [-0.25, -0.2) is 8.97 Å². The van der Waals surface area contributed by atoms with Gasteiger partial charge in [0.25, 0.3) is 5.56 Å². The molecular weight excluding hydrogens is 428 g/mol. The van der Waals surface area contributed by atoms with Gasteiger partial charge >= 0.3 is 0 Å². The van der Waals surface area contributed by atoms with Gasteiger partial charge in [-0.15, -0.1) is 21.5 Å². The molecule has 0 spiro atoms. The standard InChI is InChI=1S/C23H26N4O2S2/c1-5-6-11-30-22-25-24-21-26(15-9-7-14(2)8-10-15)19(28)18-16-12-23(3,4)29-13-17(16)31-20(18)27(21)22/h7-10H,5-6,11-13H2,1-4H3. The molecule has 0 fully saturated rings. The first-order valence-corrected chi connectivity index (χ1v) is 12.5. The highest BCUT2D eigenvalue weighted by atomic mass is 32.2. The zero-order chi connectivity index (χ0) is 21.8. The Morgan fingerprint density at radius 3 is 2.74 bits per heavy atom. The van der Waals surface area contributed by atoms with Gasteiger partial charge in [0, 0.05) is 17.1 Å². The van der Waals surface area contributed by atoms with E-state index in [2.05, 4.69) is 35.4 Å². The van der Waals surface area contributed by atoms with Crippen LogP contribution in [0.15, 0.2) is 34.2 Å². The topological polar surface area (TPSA) is 61.4 Å². The molecule has 6 nitrogen and oxygen atoms in total. The lowest BCUT2D eigenvalue weighted by atomic mass is 9.94. The van der Waals surface area contributed by atoms with Crippen molar-refractivity contribution in [3.63, 3.8) is 0 Å². The number of thioether (sulfide) groups is 1. The lowest BCUT2D eigenvalue weighted by molar-refractivity contribution is -0.0379. The number of rotatable bonds is 5. The van der Waals surface area contributed by atoms with Crippen molar-refractivity contribution < 1.29 is 4.74 Å². The van der Waals surface area contributed by atoms with E-state index in [0.717, 1.165) is 62.1 Å². The molecule has 0 radical (unpaired) electrons. The van der Waals surface area contributed by atoms with Gasteiger partial charge in [-0.1, -0.05) is 42.8 Å². The van der Waals surface area contributed by atoms with E-state index in [4.69, 9.17) is 4.74 Å². The Bertz CT molecular complexity index is 1330. The van der Waals surface area contributed by atoms with Crippen molar-refractivity contribution in [3.8, 4) is 5.69 Å². The fourth-order valence-electron chi connectivity index (χ4n) is 4.03. The first-order chi connectivity index (χ1) is 14.9. The van der Waals surface area contributed by atoms with Crippen molar-refractivity contribution >= 4 is 39.1 Å². The largest absolute Gasteiger partial charge is 0.370 e. The molecule has 31 heavy (non-hydrogen) atoms. The molecule has 0 unspecified atom stereocenters. The summed E-state index contributed by atoms with van der Waals surface area (Å²) in [5.74, 6) is 1.54. The van der Waals surface area contributed by atoms with Crippen molar-refractivity contribution in [2.45, 2.75) is 64.3 Å². The van der Waals surface area contributed by atoms with E-state index >= 15 is 0 Å². The Balaban J connectivity index is 1.84.